The van der Waals surface area contributed by atoms with E-state index >= 15 is 0 Å². The Bertz CT molecular complexity index is 2000. The van der Waals surface area contributed by atoms with Gasteiger partial charge in [0, 0.05) is 73.6 Å². The smallest absolute Gasteiger partial charge is 0.255 e. The molecule has 2 aromatic carbocycles. The van der Waals surface area contributed by atoms with Crippen LogP contribution in [0.4, 0.5) is 21.5 Å². The molecule has 0 radical (unpaired) electrons. The lowest BCUT2D eigenvalue weighted by Crippen LogP contribution is -2.36. The number of hydrogen-bond donors (Lipinski definition) is 3. The van der Waals surface area contributed by atoms with Crippen LogP contribution in [0.3, 0.4) is 0 Å². The van der Waals surface area contributed by atoms with Crippen LogP contribution in [0, 0.1) is 31.0 Å². The first-order chi connectivity index (χ1) is 25.7. The summed E-state index contributed by atoms with van der Waals surface area (Å²) in [5, 5.41) is 28.4. The number of hydrogen-bond acceptors (Lipinski definition) is 10. The molecule has 2 aliphatic rings. The second-order valence-corrected chi connectivity index (χ2v) is 13.6. The van der Waals surface area contributed by atoms with Crippen LogP contribution >= 0.6 is 11.3 Å². The predicted molar refractivity (Wildman–Crippen MR) is 215 cm³/mol. The summed E-state index contributed by atoms with van der Waals surface area (Å²) in [6, 6.07) is 12.5. The molecule has 1 amide bonds. The first-order valence-electron chi connectivity index (χ1n) is 17.3. The predicted octanol–water partition coefficient (Wildman–Crippen LogP) is 8.22. The van der Waals surface area contributed by atoms with E-state index in [1.54, 1.807) is 18.2 Å². The van der Waals surface area contributed by atoms with Crippen LogP contribution < -0.4 is 10.2 Å². The molecular formula is C40H47FN8O3S. The number of thiophene rings is 1. The Kier molecular flexibility index (Phi) is 15.7. The van der Waals surface area contributed by atoms with Gasteiger partial charge in [-0.25, -0.2) is 4.39 Å². The van der Waals surface area contributed by atoms with Crippen molar-refractivity contribution in [3.8, 4) is 6.07 Å². The van der Waals surface area contributed by atoms with E-state index in [1.165, 1.54) is 18.1 Å². The number of aliphatic hydroxyl groups is 1. The molecule has 0 saturated carbocycles. The summed E-state index contributed by atoms with van der Waals surface area (Å²) < 4.78 is 17.4. The topological polar surface area (TPSA) is 142 Å². The minimum atomic E-state index is -0.462. The van der Waals surface area contributed by atoms with E-state index in [0.29, 0.717) is 17.8 Å². The molecule has 1 saturated heterocycles. The molecule has 4 heterocycles. The standard InChI is InChI=1S/C30H36N6O2.C7H5FN2S.C3H6O/c1-21-18-25(20-26-22(2)33-34-29(21)26)32-30(38)24-9-10-28(27(19-24)31-3)35(4)15-16-36-13-11-23(12-14-36)8-6-5-7-17-37;1-10-4-5-2-6(8)7(3-9)11-5;1-2-4-3-1/h5-7,9-11,17-20,37H,3,8,12-16H2,1-2,4H3,(H,32,38)(H,33,34);2H,1,4H2;1-3H2/b6-5-,17-7+;;. The number of allylic oxidation sites excluding steroid dienone is 3. The number of nitrogens with one attached hydrogen (secondary N) is 2. The van der Waals surface area contributed by atoms with Crippen LogP contribution in [0.25, 0.3) is 10.9 Å². The Morgan fingerprint density at radius 3 is 2.64 bits per heavy atom. The fraction of sp³-hybridized carbons (Fsp3) is 0.325. The minimum absolute atomic E-state index is 0.114. The molecular weight excluding hydrogens is 692 g/mol. The highest BCUT2D eigenvalue weighted by molar-refractivity contribution is 7.12. The van der Waals surface area contributed by atoms with Gasteiger partial charge in [-0.2, -0.15) is 10.4 Å². The van der Waals surface area contributed by atoms with Gasteiger partial charge >= 0.3 is 0 Å². The number of aliphatic hydroxyl groups excluding tert-OH is 1. The van der Waals surface area contributed by atoms with Gasteiger partial charge in [0.25, 0.3) is 5.91 Å². The maximum atomic E-state index is 13.1. The number of benzene rings is 2. The van der Waals surface area contributed by atoms with Gasteiger partial charge in [0.2, 0.25) is 0 Å². The third-order valence-corrected chi connectivity index (χ3v) is 9.65. The largest absolute Gasteiger partial charge is 0.516 e. The van der Waals surface area contributed by atoms with Gasteiger partial charge in [0.05, 0.1) is 29.7 Å². The monoisotopic (exact) mass is 738 g/mol. The summed E-state index contributed by atoms with van der Waals surface area (Å²) in [7, 11) is 2.04. The van der Waals surface area contributed by atoms with Crippen LogP contribution in [0.5, 0.6) is 0 Å². The lowest BCUT2D eigenvalue weighted by Gasteiger charge is -2.29. The summed E-state index contributed by atoms with van der Waals surface area (Å²) in [5.74, 6) is -0.654. The average molecular weight is 739 g/mol. The number of likely N-dealkylation sites (N-methyl/N-ethyl adjacent to an activating group) is 1. The number of halogens is 1. The van der Waals surface area contributed by atoms with Crippen molar-refractivity contribution in [3.63, 3.8) is 0 Å². The van der Waals surface area contributed by atoms with Crippen molar-refractivity contribution < 1.29 is 19.0 Å². The highest BCUT2D eigenvalue weighted by atomic mass is 32.1. The maximum absolute atomic E-state index is 13.1. The molecule has 278 valence electrons. The number of aliphatic imine (C=N–C) groups is 2. The third-order valence-electron chi connectivity index (χ3n) is 8.65. The fourth-order valence-electron chi connectivity index (χ4n) is 5.53. The second kappa shape index (κ2) is 20.6. The summed E-state index contributed by atoms with van der Waals surface area (Å²) in [6.45, 7) is 17.1. The summed E-state index contributed by atoms with van der Waals surface area (Å²) in [4.78, 5) is 26.3. The Labute approximate surface area is 314 Å². The molecule has 53 heavy (non-hydrogen) atoms. The molecule has 0 bridgehead atoms. The first-order valence-corrected chi connectivity index (χ1v) is 18.1. The molecule has 3 N–H and O–H groups in total. The Morgan fingerprint density at radius 1 is 1.25 bits per heavy atom. The van der Waals surface area contributed by atoms with E-state index in [1.807, 2.05) is 51.2 Å². The Hall–Kier alpha value is -5.42. The number of nitriles is 1. The van der Waals surface area contributed by atoms with E-state index in [9.17, 15) is 9.18 Å². The molecule has 11 nitrogen and oxygen atoms in total. The molecule has 2 aromatic heterocycles. The van der Waals surface area contributed by atoms with Crippen molar-refractivity contribution in [1.29, 1.82) is 5.26 Å². The molecule has 0 unspecified atom stereocenters. The average Bonchev–Trinajstić information content (AvgIpc) is 3.69. The second-order valence-electron chi connectivity index (χ2n) is 12.5. The van der Waals surface area contributed by atoms with Gasteiger partial charge in [0.15, 0.2) is 5.82 Å². The minimum Gasteiger partial charge on any atom is -0.516 e. The first kappa shape index (κ1) is 40.4. The van der Waals surface area contributed by atoms with Crippen LogP contribution in [0.2, 0.25) is 0 Å². The molecule has 0 atom stereocenters. The highest BCUT2D eigenvalue weighted by Crippen LogP contribution is 2.30. The number of aryl methyl sites for hydroxylation is 2. The zero-order valence-corrected chi connectivity index (χ0v) is 31.4. The van der Waals surface area contributed by atoms with Gasteiger partial charge in [-0.3, -0.25) is 24.8 Å². The van der Waals surface area contributed by atoms with E-state index in [2.05, 4.69) is 60.9 Å². The number of H-pyrrole nitrogens is 1. The molecule has 6 rings (SSSR count). The van der Waals surface area contributed by atoms with Crippen molar-refractivity contribution in [2.75, 3.05) is 56.7 Å². The summed E-state index contributed by atoms with van der Waals surface area (Å²) in [6.07, 6.45) is 12.1. The number of carbonyl (C=O) groups is 1. The van der Waals surface area contributed by atoms with Crippen molar-refractivity contribution in [2.45, 2.75) is 39.7 Å². The molecule has 1 fully saturated rings. The van der Waals surface area contributed by atoms with Crippen molar-refractivity contribution in [3.05, 3.63) is 105 Å². The van der Waals surface area contributed by atoms with E-state index in [4.69, 9.17) is 15.1 Å². The molecule has 0 spiro atoms. The number of ether oxygens (including phenoxy) is 1. The van der Waals surface area contributed by atoms with Gasteiger partial charge < -0.3 is 20.1 Å². The number of aromatic nitrogens is 2. The summed E-state index contributed by atoms with van der Waals surface area (Å²) >= 11 is 1.11. The Balaban J connectivity index is 0.000000345. The van der Waals surface area contributed by atoms with Crippen molar-refractivity contribution in [1.82, 2.24) is 15.1 Å². The van der Waals surface area contributed by atoms with Crippen LogP contribution in [0.1, 0.15) is 50.6 Å². The van der Waals surface area contributed by atoms with Crippen molar-refractivity contribution >= 4 is 58.6 Å². The lowest BCUT2D eigenvalue weighted by molar-refractivity contribution is 0.0367. The normalized spacial score (nSPS) is 14.0. The highest BCUT2D eigenvalue weighted by Gasteiger charge is 2.16. The van der Waals surface area contributed by atoms with E-state index in [0.717, 1.165) is 108 Å². The van der Waals surface area contributed by atoms with E-state index in [-0.39, 0.29) is 10.8 Å². The lowest BCUT2D eigenvalue weighted by atomic mass is 10.0. The van der Waals surface area contributed by atoms with Crippen LogP contribution in [-0.2, 0) is 11.3 Å². The maximum Gasteiger partial charge on any atom is 0.255 e. The van der Waals surface area contributed by atoms with Crippen molar-refractivity contribution in [2.24, 2.45) is 9.98 Å². The van der Waals surface area contributed by atoms with E-state index < -0.39 is 5.82 Å². The third kappa shape index (κ3) is 11.8. The number of nitrogens with zero attached hydrogens (tertiary/aromatic N) is 6. The number of carbonyl (C=O) groups excluding carboxylic acids is 1. The molecule has 4 aromatic rings. The molecule has 0 aliphatic carbocycles. The van der Waals surface area contributed by atoms with Gasteiger partial charge in [-0.05, 0) is 94.6 Å². The summed E-state index contributed by atoms with van der Waals surface area (Å²) in [5.41, 5.74) is 7.20. The fourth-order valence-corrected chi connectivity index (χ4v) is 6.31. The number of fused-ring (bicyclic) bond motifs is 1. The van der Waals surface area contributed by atoms with Crippen LogP contribution in [0.15, 0.2) is 82.5 Å². The Morgan fingerprint density at radius 2 is 2.02 bits per heavy atom. The van der Waals surface area contributed by atoms with Gasteiger partial charge in [0.1, 0.15) is 10.9 Å². The molecule has 2 aliphatic heterocycles. The number of aromatic amines is 1. The number of amides is 1. The van der Waals surface area contributed by atoms with Crippen LogP contribution in [-0.4, -0.2) is 86.0 Å². The number of anilines is 2. The zero-order valence-electron chi connectivity index (χ0n) is 30.6. The van der Waals surface area contributed by atoms with Gasteiger partial charge in [-0.1, -0.05) is 23.8 Å². The molecule has 13 heteroatoms. The number of rotatable bonds is 12. The zero-order chi connectivity index (χ0) is 38.2. The SMILES string of the molecule is C1COC1.C=NCc1cc(F)c(C#N)s1.C=Nc1cc(C(=O)Nc2cc(C)c3n[nH]c(C)c3c2)ccc1N(C)CCN1CC=C(C/C=C\C=C\O)CC1. The quantitative estimate of drug-likeness (QED) is 0.0576. The van der Waals surface area contributed by atoms with Gasteiger partial charge in [-0.15, -0.1) is 11.3 Å².